The van der Waals surface area contributed by atoms with E-state index >= 15 is 0 Å². The number of nitrogens with zero attached hydrogens (tertiary/aromatic N) is 2. The summed E-state index contributed by atoms with van der Waals surface area (Å²) in [6.45, 7) is 6.96. The average molecular weight is 539 g/mol. The molecule has 1 saturated carbocycles. The van der Waals surface area contributed by atoms with E-state index in [0.717, 1.165) is 36.1 Å². The van der Waals surface area contributed by atoms with Crippen LogP contribution in [0, 0.1) is 6.92 Å². The third kappa shape index (κ3) is 5.61. The molecule has 2 aromatic carbocycles. The average Bonchev–Trinajstić information content (AvgIpc) is 3.61. The van der Waals surface area contributed by atoms with Crippen LogP contribution in [0.4, 0.5) is 0 Å². The van der Waals surface area contributed by atoms with Gasteiger partial charge in [0, 0.05) is 17.5 Å². The molecular weight excluding hydrogens is 504 g/mol. The predicted octanol–water partition coefficient (Wildman–Crippen LogP) is 5.54. The molecule has 1 atom stereocenters. The monoisotopic (exact) mass is 538 g/mol. The summed E-state index contributed by atoms with van der Waals surface area (Å²) in [6.07, 6.45) is 2.34. The number of ether oxygens (including phenoxy) is 1. The van der Waals surface area contributed by atoms with Crippen molar-refractivity contribution in [3.05, 3.63) is 81.5 Å². The smallest absolute Gasteiger partial charge is 0.243 e. The summed E-state index contributed by atoms with van der Waals surface area (Å²) in [5, 5.41) is 2.06. The number of benzene rings is 2. The first-order valence-electron chi connectivity index (χ1n) is 12.9. The van der Waals surface area contributed by atoms with Gasteiger partial charge < -0.3 is 9.64 Å². The zero-order chi connectivity index (χ0) is 26.2. The molecule has 2 heterocycles. The van der Waals surface area contributed by atoms with Crippen LogP contribution in [0.2, 0.25) is 0 Å². The topological polar surface area (TPSA) is 66.9 Å². The van der Waals surface area contributed by atoms with E-state index in [1.165, 1.54) is 14.7 Å². The molecule has 1 fully saturated rings. The largest absolute Gasteiger partial charge is 0.491 e. The fraction of sp³-hybridized carbons (Fsp3) is 0.414. The Labute approximate surface area is 223 Å². The molecule has 8 heteroatoms. The highest BCUT2D eigenvalue weighted by molar-refractivity contribution is 7.89. The number of carbonyl (C=O) groups is 1. The van der Waals surface area contributed by atoms with Crippen LogP contribution in [0.1, 0.15) is 60.2 Å². The van der Waals surface area contributed by atoms with Crippen LogP contribution in [-0.2, 0) is 21.2 Å². The van der Waals surface area contributed by atoms with Gasteiger partial charge in [0.2, 0.25) is 15.9 Å². The number of hydrogen-bond acceptors (Lipinski definition) is 5. The lowest BCUT2D eigenvalue weighted by atomic mass is 10.0. The van der Waals surface area contributed by atoms with Crippen molar-refractivity contribution in [2.45, 2.75) is 62.9 Å². The van der Waals surface area contributed by atoms with Crippen molar-refractivity contribution in [1.82, 2.24) is 9.21 Å². The molecule has 2 aliphatic rings. The highest BCUT2D eigenvalue weighted by Gasteiger charge is 2.41. The highest BCUT2D eigenvalue weighted by atomic mass is 32.2. The normalized spacial score (nSPS) is 17.8. The van der Waals surface area contributed by atoms with Gasteiger partial charge in [-0.3, -0.25) is 4.79 Å². The number of hydrogen-bond donors (Lipinski definition) is 0. The summed E-state index contributed by atoms with van der Waals surface area (Å²) in [5.74, 6) is 1.03. The van der Waals surface area contributed by atoms with Gasteiger partial charge in [0.05, 0.1) is 17.5 Å². The lowest BCUT2D eigenvalue weighted by Crippen LogP contribution is -2.48. The summed E-state index contributed by atoms with van der Waals surface area (Å²) >= 11 is 1.70. The number of carbonyl (C=O) groups excluding carboxylic acids is 1. The summed E-state index contributed by atoms with van der Waals surface area (Å²) in [4.78, 5) is 17.0. The van der Waals surface area contributed by atoms with Crippen LogP contribution in [0.15, 0.2) is 64.9 Å². The van der Waals surface area contributed by atoms with Crippen molar-refractivity contribution in [2.24, 2.45) is 0 Å². The van der Waals surface area contributed by atoms with E-state index in [1.807, 2.05) is 24.0 Å². The number of fused-ring (bicyclic) bond motifs is 1. The SMILES string of the molecule is Cc1ccc(S(=O)(=O)N(CC(=O)N2CCc3sccc3[C@@H]2COc2ccc(C(C)C)cc2)C2CC2)cc1. The van der Waals surface area contributed by atoms with Crippen LogP contribution in [0.25, 0.3) is 0 Å². The summed E-state index contributed by atoms with van der Waals surface area (Å²) in [5.41, 5.74) is 3.34. The molecular formula is C29H34N2O4S2. The lowest BCUT2D eigenvalue weighted by Gasteiger charge is -2.37. The maximum absolute atomic E-state index is 13.7. The number of amides is 1. The van der Waals surface area contributed by atoms with Crippen molar-refractivity contribution in [1.29, 1.82) is 0 Å². The molecule has 6 nitrogen and oxygen atoms in total. The predicted molar refractivity (Wildman–Crippen MR) is 147 cm³/mol. The molecule has 37 heavy (non-hydrogen) atoms. The van der Waals surface area contributed by atoms with Gasteiger partial charge in [0.1, 0.15) is 12.4 Å². The Bertz CT molecular complexity index is 1340. The number of rotatable bonds is 9. The second-order valence-corrected chi connectivity index (χ2v) is 13.2. The number of aryl methyl sites for hydroxylation is 1. The summed E-state index contributed by atoms with van der Waals surface area (Å²) in [7, 11) is -3.77. The van der Waals surface area contributed by atoms with Gasteiger partial charge in [-0.2, -0.15) is 4.31 Å². The van der Waals surface area contributed by atoms with E-state index in [-0.39, 0.29) is 29.4 Å². The van der Waals surface area contributed by atoms with Crippen LogP contribution >= 0.6 is 11.3 Å². The highest BCUT2D eigenvalue weighted by Crippen LogP contribution is 2.36. The van der Waals surface area contributed by atoms with Gasteiger partial charge >= 0.3 is 0 Å². The first-order chi connectivity index (χ1) is 17.7. The van der Waals surface area contributed by atoms with Crippen molar-refractivity contribution in [3.63, 3.8) is 0 Å². The molecule has 0 N–H and O–H groups in total. The van der Waals surface area contributed by atoms with Crippen LogP contribution < -0.4 is 4.74 Å². The van der Waals surface area contributed by atoms with E-state index in [1.54, 1.807) is 35.6 Å². The van der Waals surface area contributed by atoms with Gasteiger partial charge in [-0.1, -0.05) is 43.7 Å². The molecule has 1 aliphatic carbocycles. The molecule has 1 aromatic heterocycles. The summed E-state index contributed by atoms with van der Waals surface area (Å²) < 4.78 is 34.6. The Morgan fingerprint density at radius 2 is 1.78 bits per heavy atom. The van der Waals surface area contributed by atoms with E-state index in [4.69, 9.17) is 4.74 Å². The first-order valence-corrected chi connectivity index (χ1v) is 15.2. The van der Waals surface area contributed by atoms with Gasteiger partial charge in [0.15, 0.2) is 0 Å². The van der Waals surface area contributed by atoms with Gasteiger partial charge in [-0.05, 0) is 78.9 Å². The Morgan fingerprint density at radius 1 is 1.08 bits per heavy atom. The maximum atomic E-state index is 13.7. The molecule has 1 amide bonds. The third-order valence-corrected chi connectivity index (χ3v) is 10.2. The number of sulfonamides is 1. The van der Waals surface area contributed by atoms with E-state index in [9.17, 15) is 13.2 Å². The fourth-order valence-electron chi connectivity index (χ4n) is 4.84. The lowest BCUT2D eigenvalue weighted by molar-refractivity contribution is -0.135. The standard InChI is InChI=1S/C29H34N2O4S2/c1-20(2)22-6-10-24(11-7-22)35-19-27-26-15-17-36-28(26)14-16-30(27)29(32)18-31(23-8-9-23)37(33,34)25-12-4-21(3)5-13-25/h4-7,10-13,15,17,20,23,27H,8-9,14,16,18-19H2,1-3H3/t27-/m0/s1. The summed E-state index contributed by atoms with van der Waals surface area (Å²) in [6, 6.07) is 16.6. The van der Waals surface area contributed by atoms with Gasteiger partial charge in [-0.15, -0.1) is 11.3 Å². The first kappa shape index (κ1) is 25.9. The molecule has 196 valence electrons. The minimum absolute atomic E-state index is 0.120. The third-order valence-electron chi connectivity index (χ3n) is 7.24. The van der Waals surface area contributed by atoms with Crippen molar-refractivity contribution >= 4 is 27.3 Å². The van der Waals surface area contributed by atoms with Crippen molar-refractivity contribution in [2.75, 3.05) is 19.7 Å². The molecule has 0 unspecified atom stereocenters. The van der Waals surface area contributed by atoms with E-state index < -0.39 is 10.0 Å². The zero-order valence-electron chi connectivity index (χ0n) is 21.6. The Morgan fingerprint density at radius 3 is 2.43 bits per heavy atom. The molecule has 5 rings (SSSR count). The van der Waals surface area contributed by atoms with Crippen molar-refractivity contribution in [3.8, 4) is 5.75 Å². The second-order valence-electron chi connectivity index (χ2n) is 10.3. The van der Waals surface area contributed by atoms with Crippen LogP contribution in [-0.4, -0.2) is 49.3 Å². The number of thiophene rings is 1. The molecule has 0 spiro atoms. The minimum Gasteiger partial charge on any atom is -0.491 e. The maximum Gasteiger partial charge on any atom is 0.243 e. The molecule has 3 aromatic rings. The molecule has 1 aliphatic heterocycles. The van der Waals surface area contributed by atoms with Crippen molar-refractivity contribution < 1.29 is 17.9 Å². The van der Waals surface area contributed by atoms with Gasteiger partial charge in [-0.25, -0.2) is 8.42 Å². The van der Waals surface area contributed by atoms with E-state index in [0.29, 0.717) is 19.1 Å². The molecule has 0 radical (unpaired) electrons. The van der Waals surface area contributed by atoms with E-state index in [2.05, 4.69) is 37.4 Å². The zero-order valence-corrected chi connectivity index (χ0v) is 23.2. The Kier molecular flexibility index (Phi) is 7.43. The quantitative estimate of drug-likeness (QED) is 0.359. The van der Waals surface area contributed by atoms with Crippen LogP contribution in [0.5, 0.6) is 5.75 Å². The second kappa shape index (κ2) is 10.6. The Balaban J connectivity index is 1.35. The Hall–Kier alpha value is -2.68. The fourth-order valence-corrected chi connectivity index (χ4v) is 7.40. The molecule has 0 saturated heterocycles. The minimum atomic E-state index is -3.77. The van der Waals surface area contributed by atoms with Crippen LogP contribution in [0.3, 0.4) is 0 Å². The van der Waals surface area contributed by atoms with Gasteiger partial charge in [0.25, 0.3) is 0 Å². The molecule has 0 bridgehead atoms.